The molecule has 0 amide bonds. The van der Waals surface area contributed by atoms with E-state index in [1.807, 2.05) is 13.8 Å². The maximum absolute atomic E-state index is 11.1. The second-order valence-corrected chi connectivity index (χ2v) is 4.09. The van der Waals surface area contributed by atoms with Gasteiger partial charge in [-0.25, -0.2) is 0 Å². The van der Waals surface area contributed by atoms with Crippen LogP contribution < -0.4 is 5.73 Å². The molecule has 5 nitrogen and oxygen atoms in total. The predicted octanol–water partition coefficient (Wildman–Crippen LogP) is 0.763. The normalized spacial score (nSPS) is 12.6. The Morgan fingerprint density at radius 1 is 1.67 bits per heavy atom. The number of aromatic nitrogens is 2. The van der Waals surface area contributed by atoms with E-state index in [2.05, 4.69) is 25.8 Å². The van der Waals surface area contributed by atoms with Gasteiger partial charge in [0, 0.05) is 5.69 Å². The lowest BCUT2D eigenvalue weighted by atomic mass is 10.3. The molecule has 1 unspecified atom stereocenters. The Bertz CT molecular complexity index is 376. The Labute approximate surface area is 96.7 Å². The summed E-state index contributed by atoms with van der Waals surface area (Å²) in [6, 6.07) is -0.681. The highest BCUT2D eigenvalue weighted by atomic mass is 79.9. The van der Waals surface area contributed by atoms with Crippen LogP contribution in [0.5, 0.6) is 0 Å². The minimum atomic E-state index is -0.681. The first-order valence-corrected chi connectivity index (χ1v) is 5.29. The van der Waals surface area contributed by atoms with E-state index in [0.29, 0.717) is 6.54 Å². The number of hydrogen-bond donors (Lipinski definition) is 1. The van der Waals surface area contributed by atoms with Gasteiger partial charge in [0.05, 0.1) is 23.8 Å². The highest BCUT2D eigenvalue weighted by molar-refractivity contribution is 9.10. The van der Waals surface area contributed by atoms with Crippen molar-refractivity contribution in [1.29, 1.82) is 0 Å². The first-order chi connectivity index (χ1) is 6.97. The van der Waals surface area contributed by atoms with Crippen LogP contribution in [0.15, 0.2) is 4.47 Å². The number of halogens is 1. The van der Waals surface area contributed by atoms with Gasteiger partial charge >= 0.3 is 5.97 Å². The summed E-state index contributed by atoms with van der Waals surface area (Å²) < 4.78 is 7.18. The van der Waals surface area contributed by atoms with Gasteiger partial charge in [-0.2, -0.15) is 5.10 Å². The second-order valence-electron chi connectivity index (χ2n) is 3.30. The lowest BCUT2D eigenvalue weighted by Gasteiger charge is -2.10. The zero-order valence-corrected chi connectivity index (χ0v) is 10.5. The van der Waals surface area contributed by atoms with E-state index in [9.17, 15) is 4.79 Å². The molecule has 84 valence electrons. The minimum absolute atomic E-state index is 0.324. The van der Waals surface area contributed by atoms with Crippen molar-refractivity contribution in [2.24, 2.45) is 5.73 Å². The summed E-state index contributed by atoms with van der Waals surface area (Å²) in [4.78, 5) is 11.1. The van der Waals surface area contributed by atoms with Crippen molar-refractivity contribution in [3.05, 3.63) is 15.9 Å². The Balaban J connectivity index is 2.81. The van der Waals surface area contributed by atoms with Crippen LogP contribution in [0.25, 0.3) is 0 Å². The summed E-state index contributed by atoms with van der Waals surface area (Å²) in [5.41, 5.74) is 7.47. The van der Waals surface area contributed by atoms with E-state index in [1.54, 1.807) is 4.68 Å². The fraction of sp³-hybridized carbons (Fsp3) is 0.556. The van der Waals surface area contributed by atoms with Crippen molar-refractivity contribution in [2.75, 3.05) is 7.11 Å². The number of ether oxygens (including phenoxy) is 1. The summed E-state index contributed by atoms with van der Waals surface area (Å²) in [5.74, 6) is -0.432. The molecule has 1 aromatic rings. The van der Waals surface area contributed by atoms with Crippen molar-refractivity contribution >= 4 is 21.9 Å². The molecule has 1 heterocycles. The lowest BCUT2D eigenvalue weighted by Crippen LogP contribution is -2.36. The number of rotatable bonds is 3. The maximum Gasteiger partial charge on any atom is 0.324 e. The van der Waals surface area contributed by atoms with Gasteiger partial charge < -0.3 is 10.5 Å². The van der Waals surface area contributed by atoms with Gasteiger partial charge in [-0.15, -0.1) is 0 Å². The average molecular weight is 276 g/mol. The number of carbonyl (C=O) groups is 1. The third-order valence-electron chi connectivity index (χ3n) is 2.17. The number of esters is 1. The fourth-order valence-corrected chi connectivity index (χ4v) is 1.55. The van der Waals surface area contributed by atoms with Gasteiger partial charge in [0.1, 0.15) is 6.04 Å². The Kier molecular flexibility index (Phi) is 3.87. The molecule has 0 spiro atoms. The van der Waals surface area contributed by atoms with Gasteiger partial charge in [-0.1, -0.05) is 0 Å². The molecule has 15 heavy (non-hydrogen) atoms. The third-order valence-corrected chi connectivity index (χ3v) is 3.31. The summed E-state index contributed by atoms with van der Waals surface area (Å²) in [5, 5.41) is 4.25. The molecule has 1 aromatic heterocycles. The number of carbonyl (C=O) groups excluding carboxylic acids is 1. The molecule has 0 radical (unpaired) electrons. The van der Waals surface area contributed by atoms with Crippen LogP contribution in [0.1, 0.15) is 11.4 Å². The number of aryl methyl sites for hydroxylation is 1. The fourth-order valence-electron chi connectivity index (χ4n) is 1.27. The zero-order valence-electron chi connectivity index (χ0n) is 8.95. The standard InChI is InChI=1S/C9H14BrN3O2/c1-5-8(10)6(2)13(12-5)4-7(11)9(14)15-3/h7H,4,11H2,1-3H3. The van der Waals surface area contributed by atoms with Gasteiger partial charge in [0.25, 0.3) is 0 Å². The average Bonchev–Trinajstić information content (AvgIpc) is 2.45. The highest BCUT2D eigenvalue weighted by Crippen LogP contribution is 2.19. The Morgan fingerprint density at radius 3 is 2.67 bits per heavy atom. The molecule has 1 rings (SSSR count). The number of hydrogen-bond acceptors (Lipinski definition) is 4. The molecule has 0 bridgehead atoms. The summed E-state index contributed by atoms with van der Waals surface area (Å²) >= 11 is 3.40. The molecular formula is C9H14BrN3O2. The van der Waals surface area contributed by atoms with Crippen LogP contribution >= 0.6 is 15.9 Å². The van der Waals surface area contributed by atoms with Gasteiger partial charge in [0.15, 0.2) is 0 Å². The molecule has 1 atom stereocenters. The van der Waals surface area contributed by atoms with Crippen LogP contribution in [-0.2, 0) is 16.1 Å². The van der Waals surface area contributed by atoms with Gasteiger partial charge in [0.2, 0.25) is 0 Å². The van der Waals surface area contributed by atoms with Crippen molar-refractivity contribution in [3.63, 3.8) is 0 Å². The highest BCUT2D eigenvalue weighted by Gasteiger charge is 2.17. The van der Waals surface area contributed by atoms with E-state index >= 15 is 0 Å². The van der Waals surface area contributed by atoms with Crippen molar-refractivity contribution < 1.29 is 9.53 Å². The van der Waals surface area contributed by atoms with Crippen LogP contribution in [0.2, 0.25) is 0 Å². The topological polar surface area (TPSA) is 70.1 Å². The van der Waals surface area contributed by atoms with Gasteiger partial charge in [-0.3, -0.25) is 9.48 Å². The van der Waals surface area contributed by atoms with E-state index < -0.39 is 12.0 Å². The molecule has 0 aliphatic rings. The first kappa shape index (κ1) is 12.2. The minimum Gasteiger partial charge on any atom is -0.468 e. The molecule has 0 fully saturated rings. The quantitative estimate of drug-likeness (QED) is 0.827. The van der Waals surface area contributed by atoms with Gasteiger partial charge in [-0.05, 0) is 29.8 Å². The third kappa shape index (κ3) is 2.57. The first-order valence-electron chi connectivity index (χ1n) is 4.50. The molecule has 0 aliphatic heterocycles. The van der Waals surface area contributed by atoms with E-state index in [-0.39, 0.29) is 0 Å². The number of nitrogens with two attached hydrogens (primary N) is 1. The summed E-state index contributed by atoms with van der Waals surface area (Å²) in [7, 11) is 1.32. The largest absolute Gasteiger partial charge is 0.468 e. The molecule has 0 aliphatic carbocycles. The van der Waals surface area contributed by atoms with E-state index in [4.69, 9.17) is 5.73 Å². The van der Waals surface area contributed by atoms with Crippen LogP contribution in [0.3, 0.4) is 0 Å². The lowest BCUT2D eigenvalue weighted by molar-refractivity contribution is -0.142. The zero-order chi connectivity index (χ0) is 11.6. The predicted molar refractivity (Wildman–Crippen MR) is 59.4 cm³/mol. The molecule has 0 aromatic carbocycles. The molecule has 0 saturated heterocycles. The van der Waals surface area contributed by atoms with Crippen molar-refractivity contribution in [1.82, 2.24) is 9.78 Å². The van der Waals surface area contributed by atoms with E-state index in [1.165, 1.54) is 7.11 Å². The van der Waals surface area contributed by atoms with Crippen LogP contribution in [0.4, 0.5) is 0 Å². The number of methoxy groups -OCH3 is 1. The Morgan fingerprint density at radius 2 is 2.27 bits per heavy atom. The SMILES string of the molecule is COC(=O)C(N)Cn1nc(C)c(Br)c1C. The molecule has 2 N–H and O–H groups in total. The number of nitrogens with zero attached hydrogens (tertiary/aromatic N) is 2. The molecular weight excluding hydrogens is 262 g/mol. The Hall–Kier alpha value is -0.880. The maximum atomic E-state index is 11.1. The molecule has 6 heteroatoms. The monoisotopic (exact) mass is 275 g/mol. The summed E-state index contributed by atoms with van der Waals surface area (Å²) in [6.45, 7) is 4.12. The second kappa shape index (κ2) is 4.76. The van der Waals surface area contributed by atoms with Crippen molar-refractivity contribution in [3.8, 4) is 0 Å². The van der Waals surface area contributed by atoms with Crippen molar-refractivity contribution in [2.45, 2.75) is 26.4 Å². The van der Waals surface area contributed by atoms with Crippen LogP contribution in [0, 0.1) is 13.8 Å². The molecule has 0 saturated carbocycles. The summed E-state index contributed by atoms with van der Waals surface area (Å²) in [6.07, 6.45) is 0. The smallest absolute Gasteiger partial charge is 0.324 e. The van der Waals surface area contributed by atoms with Crippen LogP contribution in [-0.4, -0.2) is 28.9 Å². The van der Waals surface area contributed by atoms with E-state index in [0.717, 1.165) is 15.9 Å².